The van der Waals surface area contributed by atoms with Crippen LogP contribution in [-0.4, -0.2) is 12.9 Å². The van der Waals surface area contributed by atoms with Gasteiger partial charge in [0.25, 0.3) is 0 Å². The Hall–Kier alpha value is -2.74. The van der Waals surface area contributed by atoms with Crippen molar-refractivity contribution < 1.29 is 9.53 Å². The summed E-state index contributed by atoms with van der Waals surface area (Å²) >= 11 is 12.3. The van der Waals surface area contributed by atoms with Gasteiger partial charge in [0.05, 0.1) is 34.7 Å². The van der Waals surface area contributed by atoms with Crippen molar-refractivity contribution in [1.82, 2.24) is 5.32 Å². The van der Waals surface area contributed by atoms with Crippen LogP contribution in [0.3, 0.4) is 0 Å². The van der Waals surface area contributed by atoms with Crippen LogP contribution in [0.4, 0.5) is 0 Å². The lowest BCUT2D eigenvalue weighted by Crippen LogP contribution is -2.33. The number of ketones is 1. The van der Waals surface area contributed by atoms with E-state index in [1.54, 1.807) is 19.2 Å². The molecule has 4 rings (SSSR count). The van der Waals surface area contributed by atoms with Gasteiger partial charge >= 0.3 is 0 Å². The molecule has 2 atom stereocenters. The Balaban J connectivity index is 1.76. The second kappa shape index (κ2) is 8.18. The van der Waals surface area contributed by atoms with Crippen LogP contribution in [0.2, 0.25) is 10.0 Å². The van der Waals surface area contributed by atoms with E-state index < -0.39 is 5.92 Å². The first-order chi connectivity index (χ1) is 14.4. The third kappa shape index (κ3) is 3.60. The number of carbonyl (C=O) groups is 1. The van der Waals surface area contributed by atoms with E-state index in [1.165, 1.54) is 0 Å². The van der Waals surface area contributed by atoms with Crippen LogP contribution in [0.25, 0.3) is 0 Å². The van der Waals surface area contributed by atoms with Crippen LogP contribution in [0.15, 0.2) is 65.0 Å². The summed E-state index contributed by atoms with van der Waals surface area (Å²) in [4.78, 5) is 13.3. The Morgan fingerprint density at radius 3 is 2.40 bits per heavy atom. The van der Waals surface area contributed by atoms with E-state index in [0.717, 1.165) is 28.3 Å². The van der Waals surface area contributed by atoms with Gasteiger partial charge in [-0.05, 0) is 54.7 Å². The van der Waals surface area contributed by atoms with Gasteiger partial charge in [-0.2, -0.15) is 5.26 Å². The zero-order valence-electron chi connectivity index (χ0n) is 16.6. The number of allylic oxidation sites excluding steroid dienone is 4. The third-order valence-corrected chi connectivity index (χ3v) is 6.55. The summed E-state index contributed by atoms with van der Waals surface area (Å²) in [6.07, 6.45) is 1.09. The molecular formula is C24H20Cl2N2O2. The van der Waals surface area contributed by atoms with Crippen LogP contribution >= 0.6 is 23.2 Å². The second-order valence-electron chi connectivity index (χ2n) is 7.58. The second-order valence-corrected chi connectivity index (χ2v) is 8.39. The smallest absolute Gasteiger partial charge is 0.162 e. The lowest BCUT2D eigenvalue weighted by Gasteiger charge is -2.35. The van der Waals surface area contributed by atoms with Gasteiger partial charge in [0.15, 0.2) is 5.78 Å². The average molecular weight is 439 g/mol. The van der Waals surface area contributed by atoms with Crippen molar-refractivity contribution in [2.45, 2.75) is 31.6 Å². The molecule has 30 heavy (non-hydrogen) atoms. The molecular weight excluding hydrogens is 419 g/mol. The number of ether oxygens (including phenoxy) is 1. The molecule has 0 amide bonds. The SMILES string of the molecule is COc1ccc([C@@H]2CC(=O)C3=C(C2)NC(C)=C(C#N)[C@H]3c2ccc(Cl)c(Cl)c2)cc1. The standard InChI is InChI=1S/C24H20Cl2N2O2/c1-13-18(12-27)23(15-5-8-19(25)20(26)9-15)24-21(28-13)10-16(11-22(24)29)14-3-6-17(30-2)7-4-14/h3-9,16,23,28H,10-11H2,1-2H3/t16-,23+/m0/s1. The van der Waals surface area contributed by atoms with Gasteiger partial charge in [0.1, 0.15) is 5.75 Å². The van der Waals surface area contributed by atoms with E-state index in [1.807, 2.05) is 37.3 Å². The number of Topliss-reactive ketones (excluding diaryl/α,β-unsaturated/α-hetero) is 1. The molecule has 2 aromatic rings. The van der Waals surface area contributed by atoms with Crippen LogP contribution in [0.5, 0.6) is 5.75 Å². The van der Waals surface area contributed by atoms with Crippen LogP contribution in [0, 0.1) is 11.3 Å². The molecule has 0 saturated heterocycles. The Morgan fingerprint density at radius 1 is 1.07 bits per heavy atom. The lowest BCUT2D eigenvalue weighted by atomic mass is 9.72. The van der Waals surface area contributed by atoms with Crippen molar-refractivity contribution in [3.05, 3.63) is 86.2 Å². The van der Waals surface area contributed by atoms with E-state index >= 15 is 0 Å². The van der Waals surface area contributed by atoms with Crippen molar-refractivity contribution >= 4 is 29.0 Å². The van der Waals surface area contributed by atoms with E-state index in [0.29, 0.717) is 34.0 Å². The topological polar surface area (TPSA) is 62.1 Å². The molecule has 2 aliphatic rings. The van der Waals surface area contributed by atoms with Gasteiger partial charge in [0.2, 0.25) is 0 Å². The first-order valence-electron chi connectivity index (χ1n) is 9.66. The number of hydrogen-bond acceptors (Lipinski definition) is 4. The number of nitrogens with zero attached hydrogens (tertiary/aromatic N) is 1. The minimum atomic E-state index is -0.440. The van der Waals surface area contributed by atoms with Gasteiger partial charge < -0.3 is 10.1 Å². The minimum absolute atomic E-state index is 0.0425. The molecule has 0 saturated carbocycles. The number of nitriles is 1. The Kier molecular flexibility index (Phi) is 5.60. The molecule has 2 aromatic carbocycles. The van der Waals surface area contributed by atoms with Gasteiger partial charge in [-0.1, -0.05) is 41.4 Å². The Morgan fingerprint density at radius 2 is 1.77 bits per heavy atom. The molecule has 0 radical (unpaired) electrons. The number of nitrogens with one attached hydrogen (secondary N) is 1. The molecule has 1 aliphatic carbocycles. The van der Waals surface area contributed by atoms with Gasteiger partial charge in [0, 0.05) is 23.4 Å². The molecule has 1 N–H and O–H groups in total. The first kappa shape index (κ1) is 20.5. The highest BCUT2D eigenvalue weighted by molar-refractivity contribution is 6.42. The maximum absolute atomic E-state index is 13.3. The average Bonchev–Trinajstić information content (AvgIpc) is 2.74. The van der Waals surface area contributed by atoms with Crippen molar-refractivity contribution in [1.29, 1.82) is 5.26 Å². The van der Waals surface area contributed by atoms with Gasteiger partial charge in [-0.25, -0.2) is 0 Å². The molecule has 152 valence electrons. The highest BCUT2D eigenvalue weighted by Crippen LogP contribution is 2.46. The zero-order valence-corrected chi connectivity index (χ0v) is 18.1. The number of methoxy groups -OCH3 is 1. The zero-order chi connectivity index (χ0) is 21.4. The monoisotopic (exact) mass is 438 g/mol. The van der Waals surface area contributed by atoms with E-state index in [4.69, 9.17) is 27.9 Å². The first-order valence-corrected chi connectivity index (χ1v) is 10.4. The largest absolute Gasteiger partial charge is 0.497 e. The molecule has 0 bridgehead atoms. The van der Waals surface area contributed by atoms with E-state index in [9.17, 15) is 10.1 Å². The molecule has 0 spiro atoms. The van der Waals surface area contributed by atoms with Crippen LogP contribution < -0.4 is 10.1 Å². The number of halogens is 2. The summed E-state index contributed by atoms with van der Waals surface area (Å²) in [5, 5.41) is 14.0. The van der Waals surface area contributed by atoms with Gasteiger partial charge in [-0.15, -0.1) is 0 Å². The summed E-state index contributed by atoms with van der Waals surface area (Å²) in [7, 11) is 1.63. The molecule has 4 nitrogen and oxygen atoms in total. The maximum atomic E-state index is 13.3. The van der Waals surface area contributed by atoms with Gasteiger partial charge in [-0.3, -0.25) is 4.79 Å². The number of benzene rings is 2. The number of rotatable bonds is 3. The Bertz CT molecular complexity index is 1130. The van der Waals surface area contributed by atoms with Crippen LogP contribution in [-0.2, 0) is 4.79 Å². The molecule has 1 aliphatic heterocycles. The number of dihydropyridines is 1. The molecule has 6 heteroatoms. The predicted octanol–water partition coefficient (Wildman–Crippen LogP) is 5.89. The van der Waals surface area contributed by atoms with Crippen molar-refractivity contribution in [3.8, 4) is 11.8 Å². The predicted molar refractivity (Wildman–Crippen MR) is 118 cm³/mol. The van der Waals surface area contributed by atoms with Crippen LogP contribution in [0.1, 0.15) is 42.7 Å². The third-order valence-electron chi connectivity index (χ3n) is 5.81. The molecule has 1 heterocycles. The van der Waals surface area contributed by atoms with Crippen molar-refractivity contribution in [3.63, 3.8) is 0 Å². The van der Waals surface area contributed by atoms with Crippen molar-refractivity contribution in [2.24, 2.45) is 0 Å². The summed E-state index contributed by atoms with van der Waals surface area (Å²) in [5.74, 6) is 0.459. The van der Waals surface area contributed by atoms with E-state index in [2.05, 4.69) is 11.4 Å². The Labute approximate surface area is 185 Å². The lowest BCUT2D eigenvalue weighted by molar-refractivity contribution is -0.116. The van der Waals surface area contributed by atoms with E-state index in [-0.39, 0.29) is 11.7 Å². The number of hydrogen-bond donors (Lipinski definition) is 1. The molecule has 0 unspecified atom stereocenters. The fraction of sp³-hybridized carbons (Fsp3) is 0.250. The summed E-state index contributed by atoms with van der Waals surface area (Å²) in [5.41, 5.74) is 4.71. The van der Waals surface area contributed by atoms with Crippen molar-refractivity contribution in [2.75, 3.05) is 7.11 Å². The highest BCUT2D eigenvalue weighted by Gasteiger charge is 2.39. The molecule has 0 fully saturated rings. The fourth-order valence-electron chi connectivity index (χ4n) is 4.32. The highest BCUT2D eigenvalue weighted by atomic mass is 35.5. The normalized spacial score (nSPS) is 21.1. The minimum Gasteiger partial charge on any atom is -0.497 e. The quantitative estimate of drug-likeness (QED) is 0.648. The number of carbonyl (C=O) groups excluding carboxylic acids is 1. The summed E-state index contributed by atoms with van der Waals surface area (Å²) in [6, 6.07) is 15.4. The molecule has 0 aromatic heterocycles. The summed E-state index contributed by atoms with van der Waals surface area (Å²) in [6.45, 7) is 1.87. The fourth-order valence-corrected chi connectivity index (χ4v) is 4.63. The summed E-state index contributed by atoms with van der Waals surface area (Å²) < 4.78 is 5.24. The maximum Gasteiger partial charge on any atom is 0.162 e.